The highest BCUT2D eigenvalue weighted by Gasteiger charge is 2.26. The molecule has 0 unspecified atom stereocenters. The molecular formula is C14H25NO4. The van der Waals surface area contributed by atoms with Crippen molar-refractivity contribution in [1.29, 1.82) is 0 Å². The Kier molecular flexibility index (Phi) is 5.79. The molecule has 0 aromatic rings. The zero-order valence-corrected chi connectivity index (χ0v) is 12.1. The molecule has 1 atom stereocenters. The van der Waals surface area contributed by atoms with Crippen LogP contribution in [-0.4, -0.2) is 29.7 Å². The molecule has 110 valence electrons. The standard InChI is InChI=1S/C14H25NO4/c1-14(2,3)19-13(17)11(15)9-12(16)18-10-7-5-4-6-8-10/h10-11H,4-9,15H2,1-3H3/t11-/m0/s1. The highest BCUT2D eigenvalue weighted by Crippen LogP contribution is 2.20. The Morgan fingerprint density at radius 1 is 1.21 bits per heavy atom. The average Bonchev–Trinajstić information content (AvgIpc) is 2.27. The predicted octanol–water partition coefficient (Wildman–Crippen LogP) is 1.92. The van der Waals surface area contributed by atoms with Gasteiger partial charge in [-0.1, -0.05) is 6.42 Å². The smallest absolute Gasteiger partial charge is 0.324 e. The topological polar surface area (TPSA) is 78.6 Å². The van der Waals surface area contributed by atoms with Crippen LogP contribution in [0.15, 0.2) is 0 Å². The quantitative estimate of drug-likeness (QED) is 0.790. The van der Waals surface area contributed by atoms with Crippen molar-refractivity contribution >= 4 is 11.9 Å². The Morgan fingerprint density at radius 3 is 2.32 bits per heavy atom. The van der Waals surface area contributed by atoms with Crippen LogP contribution in [0.4, 0.5) is 0 Å². The first kappa shape index (κ1) is 16.0. The number of nitrogens with two attached hydrogens (primary N) is 1. The second-order valence-corrected chi connectivity index (χ2v) is 6.09. The first-order valence-corrected chi connectivity index (χ1v) is 6.96. The first-order chi connectivity index (χ1) is 8.78. The van der Waals surface area contributed by atoms with Gasteiger partial charge in [0.05, 0.1) is 6.42 Å². The van der Waals surface area contributed by atoms with E-state index in [9.17, 15) is 9.59 Å². The molecule has 0 aliphatic heterocycles. The van der Waals surface area contributed by atoms with E-state index in [1.165, 1.54) is 6.42 Å². The lowest BCUT2D eigenvalue weighted by molar-refractivity contribution is -0.161. The Hall–Kier alpha value is -1.10. The summed E-state index contributed by atoms with van der Waals surface area (Å²) in [6.07, 6.45) is 5.08. The molecule has 1 fully saturated rings. The zero-order chi connectivity index (χ0) is 14.5. The minimum Gasteiger partial charge on any atom is -0.462 e. The lowest BCUT2D eigenvalue weighted by Gasteiger charge is -2.24. The number of carbonyl (C=O) groups excluding carboxylic acids is 2. The van der Waals surface area contributed by atoms with E-state index in [0.29, 0.717) is 0 Å². The van der Waals surface area contributed by atoms with Gasteiger partial charge in [0.2, 0.25) is 0 Å². The number of hydrogen-bond donors (Lipinski definition) is 1. The normalized spacial score (nSPS) is 18.7. The first-order valence-electron chi connectivity index (χ1n) is 6.96. The molecular weight excluding hydrogens is 246 g/mol. The van der Waals surface area contributed by atoms with E-state index in [-0.39, 0.29) is 12.5 Å². The average molecular weight is 271 g/mol. The van der Waals surface area contributed by atoms with Crippen LogP contribution in [0.5, 0.6) is 0 Å². The number of rotatable bonds is 4. The van der Waals surface area contributed by atoms with E-state index in [2.05, 4.69) is 0 Å². The third-order valence-electron chi connectivity index (χ3n) is 2.95. The van der Waals surface area contributed by atoms with Gasteiger partial charge in [0.25, 0.3) is 0 Å². The SMILES string of the molecule is CC(C)(C)OC(=O)[C@@H](N)CC(=O)OC1CCCCC1. The van der Waals surface area contributed by atoms with Crippen molar-refractivity contribution in [2.45, 2.75) is 77.0 Å². The molecule has 0 amide bonds. The van der Waals surface area contributed by atoms with Gasteiger partial charge in [-0.15, -0.1) is 0 Å². The summed E-state index contributed by atoms with van der Waals surface area (Å²) in [5, 5.41) is 0. The van der Waals surface area contributed by atoms with E-state index in [0.717, 1.165) is 25.7 Å². The van der Waals surface area contributed by atoms with Gasteiger partial charge in [0.1, 0.15) is 17.7 Å². The van der Waals surface area contributed by atoms with Gasteiger partial charge in [-0.25, -0.2) is 0 Å². The molecule has 2 N–H and O–H groups in total. The predicted molar refractivity (Wildman–Crippen MR) is 71.4 cm³/mol. The summed E-state index contributed by atoms with van der Waals surface area (Å²) in [4.78, 5) is 23.3. The van der Waals surface area contributed by atoms with Crippen LogP contribution in [0.1, 0.15) is 59.3 Å². The molecule has 0 radical (unpaired) electrons. The van der Waals surface area contributed by atoms with Gasteiger partial charge in [0, 0.05) is 0 Å². The zero-order valence-electron chi connectivity index (χ0n) is 12.1. The van der Waals surface area contributed by atoms with Crippen molar-refractivity contribution in [2.75, 3.05) is 0 Å². The Balaban J connectivity index is 2.32. The number of carbonyl (C=O) groups is 2. The summed E-state index contributed by atoms with van der Waals surface area (Å²) in [7, 11) is 0. The third-order valence-corrected chi connectivity index (χ3v) is 2.95. The van der Waals surface area contributed by atoms with Crippen LogP contribution in [0, 0.1) is 0 Å². The minimum atomic E-state index is -0.949. The summed E-state index contributed by atoms with van der Waals surface area (Å²) < 4.78 is 10.4. The maximum atomic E-state index is 11.7. The van der Waals surface area contributed by atoms with Crippen LogP contribution in [0.3, 0.4) is 0 Å². The van der Waals surface area contributed by atoms with Crippen LogP contribution < -0.4 is 5.73 Å². The largest absolute Gasteiger partial charge is 0.462 e. The van der Waals surface area contributed by atoms with Crippen LogP contribution in [0.2, 0.25) is 0 Å². The number of ether oxygens (including phenoxy) is 2. The second-order valence-electron chi connectivity index (χ2n) is 6.09. The molecule has 1 aliphatic carbocycles. The van der Waals surface area contributed by atoms with E-state index in [4.69, 9.17) is 15.2 Å². The van der Waals surface area contributed by atoms with Gasteiger partial charge in [-0.3, -0.25) is 9.59 Å². The second kappa shape index (κ2) is 6.89. The number of esters is 2. The molecule has 1 aliphatic rings. The van der Waals surface area contributed by atoms with E-state index >= 15 is 0 Å². The summed E-state index contributed by atoms with van der Waals surface area (Å²) in [6, 6.07) is -0.949. The number of hydrogen-bond acceptors (Lipinski definition) is 5. The summed E-state index contributed by atoms with van der Waals surface area (Å²) in [6.45, 7) is 5.29. The summed E-state index contributed by atoms with van der Waals surface area (Å²) in [5.74, 6) is -0.974. The van der Waals surface area contributed by atoms with Crippen molar-refractivity contribution in [1.82, 2.24) is 0 Å². The molecule has 19 heavy (non-hydrogen) atoms. The monoisotopic (exact) mass is 271 g/mol. The molecule has 0 spiro atoms. The Morgan fingerprint density at radius 2 is 1.79 bits per heavy atom. The van der Waals surface area contributed by atoms with Gasteiger partial charge >= 0.3 is 11.9 Å². The molecule has 0 saturated heterocycles. The lowest BCUT2D eigenvalue weighted by Crippen LogP contribution is -2.39. The summed E-state index contributed by atoms with van der Waals surface area (Å²) in [5.41, 5.74) is 5.06. The molecule has 5 heteroatoms. The molecule has 0 bridgehead atoms. The molecule has 1 rings (SSSR count). The Bertz CT molecular complexity index is 316. The van der Waals surface area contributed by atoms with Crippen LogP contribution >= 0.6 is 0 Å². The minimum absolute atomic E-state index is 0.00733. The molecule has 5 nitrogen and oxygen atoms in total. The van der Waals surface area contributed by atoms with Crippen LogP contribution in [-0.2, 0) is 19.1 Å². The maximum absolute atomic E-state index is 11.7. The van der Waals surface area contributed by atoms with Crippen molar-refractivity contribution in [2.24, 2.45) is 5.73 Å². The van der Waals surface area contributed by atoms with Gasteiger partial charge < -0.3 is 15.2 Å². The third kappa shape index (κ3) is 6.57. The van der Waals surface area contributed by atoms with E-state index < -0.39 is 23.6 Å². The Labute approximate surface area is 114 Å². The highest BCUT2D eigenvalue weighted by molar-refractivity contribution is 5.82. The lowest BCUT2D eigenvalue weighted by atomic mass is 9.98. The van der Waals surface area contributed by atoms with Gasteiger partial charge in [0.15, 0.2) is 0 Å². The molecule has 0 aromatic carbocycles. The highest BCUT2D eigenvalue weighted by atomic mass is 16.6. The van der Waals surface area contributed by atoms with Gasteiger partial charge in [-0.05, 0) is 46.5 Å². The van der Waals surface area contributed by atoms with Crippen molar-refractivity contribution in [3.63, 3.8) is 0 Å². The van der Waals surface area contributed by atoms with Crippen molar-refractivity contribution in [3.8, 4) is 0 Å². The molecule has 0 aromatic heterocycles. The van der Waals surface area contributed by atoms with Gasteiger partial charge in [-0.2, -0.15) is 0 Å². The molecule has 1 saturated carbocycles. The fraction of sp³-hybridized carbons (Fsp3) is 0.857. The molecule has 0 heterocycles. The van der Waals surface area contributed by atoms with E-state index in [1.54, 1.807) is 20.8 Å². The van der Waals surface area contributed by atoms with Crippen molar-refractivity contribution in [3.05, 3.63) is 0 Å². The van der Waals surface area contributed by atoms with E-state index in [1.807, 2.05) is 0 Å². The van der Waals surface area contributed by atoms with Crippen LogP contribution in [0.25, 0.3) is 0 Å². The summed E-state index contributed by atoms with van der Waals surface area (Å²) >= 11 is 0. The fourth-order valence-electron chi connectivity index (χ4n) is 2.06. The fourth-order valence-corrected chi connectivity index (χ4v) is 2.06. The van der Waals surface area contributed by atoms with Crippen molar-refractivity contribution < 1.29 is 19.1 Å². The maximum Gasteiger partial charge on any atom is 0.324 e.